The van der Waals surface area contributed by atoms with Crippen molar-refractivity contribution in [2.75, 3.05) is 6.54 Å². The molecule has 1 aliphatic carbocycles. The summed E-state index contributed by atoms with van der Waals surface area (Å²) in [6, 6.07) is 10.1. The average Bonchev–Trinajstić information content (AvgIpc) is 2.95. The number of fused-ring (bicyclic) bond motifs is 3. The van der Waals surface area contributed by atoms with Crippen molar-refractivity contribution in [3.63, 3.8) is 0 Å². The Kier molecular flexibility index (Phi) is 2.76. The van der Waals surface area contributed by atoms with Gasteiger partial charge in [0.1, 0.15) is 5.58 Å². The Morgan fingerprint density at radius 1 is 1.23 bits per heavy atom. The fourth-order valence-corrected chi connectivity index (χ4v) is 4.93. The van der Waals surface area contributed by atoms with E-state index < -0.39 is 0 Å². The fourth-order valence-electron chi connectivity index (χ4n) is 4.93. The van der Waals surface area contributed by atoms with E-state index >= 15 is 0 Å². The molecular weight excluding hydrogens is 274 g/mol. The summed E-state index contributed by atoms with van der Waals surface area (Å²) in [7, 11) is 0. The minimum Gasteiger partial charge on any atom is -0.451 e. The first-order chi connectivity index (χ1) is 10.4. The zero-order valence-corrected chi connectivity index (χ0v) is 13.6. The molecule has 3 nitrogen and oxygen atoms in total. The Morgan fingerprint density at radius 3 is 2.77 bits per heavy atom. The molecule has 2 heterocycles. The molecule has 0 radical (unpaired) electrons. The molecule has 2 aliphatic rings. The van der Waals surface area contributed by atoms with Crippen molar-refractivity contribution in [1.29, 1.82) is 0 Å². The Hall–Kier alpha value is -1.77. The zero-order valence-electron chi connectivity index (χ0n) is 13.6. The lowest BCUT2D eigenvalue weighted by atomic mass is 9.65. The monoisotopic (exact) mass is 297 g/mol. The van der Waals surface area contributed by atoms with Gasteiger partial charge in [0.2, 0.25) is 0 Å². The van der Waals surface area contributed by atoms with Crippen LogP contribution in [-0.2, 0) is 0 Å². The molecule has 2 aromatic rings. The van der Waals surface area contributed by atoms with Crippen LogP contribution < -0.4 is 0 Å². The lowest BCUT2D eigenvalue weighted by molar-refractivity contribution is 0.0679. The third-order valence-electron chi connectivity index (χ3n) is 5.31. The van der Waals surface area contributed by atoms with E-state index in [1.165, 1.54) is 6.42 Å². The van der Waals surface area contributed by atoms with Gasteiger partial charge >= 0.3 is 0 Å². The van der Waals surface area contributed by atoms with Gasteiger partial charge in [0.15, 0.2) is 5.76 Å². The van der Waals surface area contributed by atoms with Crippen molar-refractivity contribution in [2.24, 2.45) is 10.8 Å². The maximum Gasteiger partial charge on any atom is 0.289 e. The lowest BCUT2D eigenvalue weighted by Crippen LogP contribution is -2.37. The van der Waals surface area contributed by atoms with E-state index in [2.05, 4.69) is 25.7 Å². The lowest BCUT2D eigenvalue weighted by Gasteiger charge is -2.39. The molecule has 1 amide bonds. The summed E-state index contributed by atoms with van der Waals surface area (Å²) in [5.41, 5.74) is 1.37. The highest BCUT2D eigenvalue weighted by molar-refractivity contribution is 5.96. The van der Waals surface area contributed by atoms with E-state index in [1.54, 1.807) is 0 Å². The standard InChI is InChI=1S/C19H23NO2/c1-18(2)9-14-10-19(3,11-18)12-20(14)17(21)16-8-13-6-4-5-7-15(13)22-16/h4-8,14H,9-12H2,1-3H3/t14-,19-/m1/s1. The number of hydrogen-bond acceptors (Lipinski definition) is 2. The maximum atomic E-state index is 12.9. The first kappa shape index (κ1) is 13.9. The first-order valence-corrected chi connectivity index (χ1v) is 8.15. The average molecular weight is 297 g/mol. The summed E-state index contributed by atoms with van der Waals surface area (Å²) in [6.07, 6.45) is 3.41. The van der Waals surface area contributed by atoms with E-state index in [0.717, 1.165) is 30.4 Å². The summed E-state index contributed by atoms with van der Waals surface area (Å²) in [5, 5.41) is 1.000. The highest BCUT2D eigenvalue weighted by Gasteiger charge is 2.51. The Balaban J connectivity index is 1.66. The molecule has 2 bridgehead atoms. The van der Waals surface area contributed by atoms with E-state index in [9.17, 15) is 4.79 Å². The minimum atomic E-state index is 0.0580. The minimum absolute atomic E-state index is 0.0580. The summed E-state index contributed by atoms with van der Waals surface area (Å²) in [6.45, 7) is 7.84. The molecule has 3 heteroatoms. The topological polar surface area (TPSA) is 33.5 Å². The molecule has 1 saturated heterocycles. The molecule has 1 aromatic heterocycles. The van der Waals surface area contributed by atoms with Gasteiger partial charge in [0.25, 0.3) is 5.91 Å². The smallest absolute Gasteiger partial charge is 0.289 e. The molecule has 0 unspecified atom stereocenters. The van der Waals surface area contributed by atoms with Crippen LogP contribution in [0.3, 0.4) is 0 Å². The molecule has 2 fully saturated rings. The zero-order chi connectivity index (χ0) is 15.5. The Morgan fingerprint density at radius 2 is 2.00 bits per heavy atom. The fraction of sp³-hybridized carbons (Fsp3) is 0.526. The van der Waals surface area contributed by atoms with Gasteiger partial charge in [0, 0.05) is 18.0 Å². The van der Waals surface area contributed by atoms with Crippen molar-refractivity contribution >= 4 is 16.9 Å². The van der Waals surface area contributed by atoms with Gasteiger partial charge in [-0.15, -0.1) is 0 Å². The molecule has 4 rings (SSSR count). The Labute approximate surface area is 131 Å². The number of rotatable bonds is 1. The van der Waals surface area contributed by atoms with Gasteiger partial charge in [-0.3, -0.25) is 4.79 Å². The number of nitrogens with zero attached hydrogens (tertiary/aromatic N) is 1. The van der Waals surface area contributed by atoms with Crippen LogP contribution in [0.25, 0.3) is 11.0 Å². The summed E-state index contributed by atoms with van der Waals surface area (Å²) < 4.78 is 5.78. The Bertz CT molecular complexity index is 712. The first-order valence-electron chi connectivity index (χ1n) is 8.15. The molecule has 22 heavy (non-hydrogen) atoms. The number of hydrogen-bond donors (Lipinski definition) is 0. The number of carbonyl (C=O) groups excluding carboxylic acids is 1. The predicted octanol–water partition coefficient (Wildman–Crippen LogP) is 4.47. The summed E-state index contributed by atoms with van der Waals surface area (Å²) in [5.74, 6) is 0.540. The molecule has 0 spiro atoms. The van der Waals surface area contributed by atoms with Gasteiger partial charge < -0.3 is 9.32 Å². The second-order valence-corrected chi connectivity index (χ2v) is 8.30. The van der Waals surface area contributed by atoms with Crippen LogP contribution in [0.5, 0.6) is 0 Å². The largest absolute Gasteiger partial charge is 0.451 e. The van der Waals surface area contributed by atoms with Crippen molar-refractivity contribution in [3.05, 3.63) is 36.1 Å². The van der Waals surface area contributed by atoms with Gasteiger partial charge in [0.05, 0.1) is 0 Å². The van der Waals surface area contributed by atoms with Crippen LogP contribution in [0.4, 0.5) is 0 Å². The molecule has 0 N–H and O–H groups in total. The number of likely N-dealkylation sites (tertiary alicyclic amines) is 1. The van der Waals surface area contributed by atoms with Crippen molar-refractivity contribution < 1.29 is 9.21 Å². The van der Waals surface area contributed by atoms with Crippen molar-refractivity contribution in [3.8, 4) is 0 Å². The summed E-state index contributed by atoms with van der Waals surface area (Å²) in [4.78, 5) is 15.0. The third-order valence-corrected chi connectivity index (χ3v) is 5.31. The van der Waals surface area contributed by atoms with Crippen LogP contribution in [0.1, 0.15) is 50.6 Å². The maximum absolute atomic E-state index is 12.9. The normalized spacial score (nSPS) is 30.0. The molecule has 116 valence electrons. The number of benzene rings is 1. The number of para-hydroxylation sites is 1. The highest BCUT2D eigenvalue weighted by Crippen LogP contribution is 2.52. The van der Waals surface area contributed by atoms with Crippen LogP contribution in [0.2, 0.25) is 0 Å². The second kappa shape index (κ2) is 4.37. The third kappa shape index (κ3) is 2.15. The van der Waals surface area contributed by atoms with E-state index in [0.29, 0.717) is 17.2 Å². The van der Waals surface area contributed by atoms with E-state index in [1.807, 2.05) is 30.3 Å². The van der Waals surface area contributed by atoms with Crippen LogP contribution in [0, 0.1) is 10.8 Å². The summed E-state index contributed by atoms with van der Waals surface area (Å²) >= 11 is 0. The van der Waals surface area contributed by atoms with Gasteiger partial charge in [-0.05, 0) is 42.2 Å². The van der Waals surface area contributed by atoms with Crippen molar-refractivity contribution in [1.82, 2.24) is 4.90 Å². The van der Waals surface area contributed by atoms with Crippen LogP contribution >= 0.6 is 0 Å². The quantitative estimate of drug-likeness (QED) is 0.778. The van der Waals surface area contributed by atoms with E-state index in [-0.39, 0.29) is 11.3 Å². The SMILES string of the molecule is CC1(C)C[C@@H]2C[C@@](C)(CN2C(=O)c2cc3ccccc3o2)C1. The van der Waals surface area contributed by atoms with Gasteiger partial charge in [-0.2, -0.15) is 0 Å². The molecule has 1 aromatic carbocycles. The van der Waals surface area contributed by atoms with Gasteiger partial charge in [-0.1, -0.05) is 39.0 Å². The number of carbonyl (C=O) groups is 1. The number of furan rings is 1. The van der Waals surface area contributed by atoms with E-state index in [4.69, 9.17) is 4.42 Å². The molecule has 1 saturated carbocycles. The number of amides is 1. The van der Waals surface area contributed by atoms with Crippen molar-refractivity contribution in [2.45, 2.75) is 46.1 Å². The predicted molar refractivity (Wildman–Crippen MR) is 86.8 cm³/mol. The van der Waals surface area contributed by atoms with Gasteiger partial charge in [-0.25, -0.2) is 0 Å². The molecular formula is C19H23NO2. The highest BCUT2D eigenvalue weighted by atomic mass is 16.3. The molecule has 1 aliphatic heterocycles. The second-order valence-electron chi connectivity index (χ2n) is 8.30. The molecule has 2 atom stereocenters. The van der Waals surface area contributed by atoms with Crippen LogP contribution in [-0.4, -0.2) is 23.4 Å². The van der Waals surface area contributed by atoms with Crippen LogP contribution in [0.15, 0.2) is 34.7 Å².